The predicted octanol–water partition coefficient (Wildman–Crippen LogP) is 3.66. The zero-order valence-corrected chi connectivity index (χ0v) is 13.2. The third-order valence-electron chi connectivity index (χ3n) is 4.68. The Balaban J connectivity index is 1.92. The van der Waals surface area contributed by atoms with Crippen LogP contribution in [0.4, 0.5) is 0 Å². The van der Waals surface area contributed by atoms with Gasteiger partial charge in [-0.3, -0.25) is 0 Å². The topological polar surface area (TPSA) is 30.9 Å². The van der Waals surface area contributed by atoms with Crippen LogP contribution in [0.2, 0.25) is 0 Å². The maximum absolute atomic E-state index is 6.39. The fraction of sp³-hybridized carbons (Fsp3) is 0.750. The molecule has 2 atom stereocenters. The summed E-state index contributed by atoms with van der Waals surface area (Å²) in [5.41, 5.74) is 11.1. The zero-order chi connectivity index (χ0) is 13.6. The summed E-state index contributed by atoms with van der Waals surface area (Å²) in [6, 6.07) is 2.57. The van der Waals surface area contributed by atoms with E-state index in [4.69, 9.17) is 5.73 Å². The maximum atomic E-state index is 6.39. The second-order valence-electron chi connectivity index (χ2n) is 7.08. The van der Waals surface area contributed by atoms with Crippen molar-refractivity contribution in [3.63, 3.8) is 0 Å². The van der Waals surface area contributed by atoms with Gasteiger partial charge in [0.25, 0.3) is 0 Å². The molecule has 3 heteroatoms. The molecule has 1 saturated heterocycles. The molecule has 0 bridgehead atoms. The molecule has 1 aromatic heterocycles. The lowest BCUT2D eigenvalue weighted by Crippen LogP contribution is -2.31. The van der Waals surface area contributed by atoms with Crippen molar-refractivity contribution in [3.8, 4) is 0 Å². The second-order valence-corrected chi connectivity index (χ2v) is 8.49. The van der Waals surface area contributed by atoms with Crippen molar-refractivity contribution < 1.29 is 0 Å². The Morgan fingerprint density at radius 1 is 1.47 bits per heavy atom. The third kappa shape index (κ3) is 2.59. The highest BCUT2D eigenvalue weighted by molar-refractivity contribution is 8.00. The number of aromatic nitrogens is 1. The minimum Gasteiger partial charge on any atom is -0.347 e. The van der Waals surface area contributed by atoms with E-state index in [1.165, 1.54) is 48.5 Å². The average molecular weight is 278 g/mol. The number of aryl methyl sites for hydroxylation is 1. The van der Waals surface area contributed by atoms with Gasteiger partial charge in [-0.05, 0) is 55.4 Å². The highest BCUT2D eigenvalue weighted by Gasteiger charge is 2.33. The average Bonchev–Trinajstić information content (AvgIpc) is 2.90. The minimum absolute atomic E-state index is 0.231. The molecule has 2 aliphatic rings. The predicted molar refractivity (Wildman–Crippen MR) is 83.7 cm³/mol. The minimum atomic E-state index is 0.231. The molecule has 0 radical (unpaired) electrons. The Labute approximate surface area is 121 Å². The van der Waals surface area contributed by atoms with Gasteiger partial charge in [-0.2, -0.15) is 11.8 Å². The highest BCUT2D eigenvalue weighted by atomic mass is 32.2. The molecule has 1 fully saturated rings. The highest BCUT2D eigenvalue weighted by Crippen LogP contribution is 2.41. The fourth-order valence-electron chi connectivity index (χ4n) is 3.75. The first-order valence-electron chi connectivity index (χ1n) is 7.52. The molecular weight excluding hydrogens is 252 g/mol. The molecule has 0 amide bonds. The largest absolute Gasteiger partial charge is 0.347 e. The number of rotatable bonds is 2. The van der Waals surface area contributed by atoms with Crippen LogP contribution in [0, 0.1) is 12.3 Å². The van der Waals surface area contributed by atoms with Gasteiger partial charge in [0.15, 0.2) is 0 Å². The first-order valence-corrected chi connectivity index (χ1v) is 8.57. The summed E-state index contributed by atoms with van der Waals surface area (Å²) < 4.78 is 2.57. The van der Waals surface area contributed by atoms with Crippen molar-refractivity contribution in [2.75, 3.05) is 5.75 Å². The lowest BCUT2D eigenvalue weighted by Gasteiger charge is -2.35. The maximum Gasteiger partial charge on any atom is 0.0344 e. The van der Waals surface area contributed by atoms with Crippen LogP contribution in [0.1, 0.15) is 56.1 Å². The van der Waals surface area contributed by atoms with Gasteiger partial charge in [0.05, 0.1) is 0 Å². The van der Waals surface area contributed by atoms with Gasteiger partial charge in [0.2, 0.25) is 0 Å². The Morgan fingerprint density at radius 2 is 2.26 bits per heavy atom. The van der Waals surface area contributed by atoms with Crippen molar-refractivity contribution in [2.24, 2.45) is 11.1 Å². The summed E-state index contributed by atoms with van der Waals surface area (Å²) in [5.74, 6) is 1.35. The molecule has 3 rings (SSSR count). The zero-order valence-electron chi connectivity index (χ0n) is 12.4. The van der Waals surface area contributed by atoms with Crippen molar-refractivity contribution in [3.05, 3.63) is 23.0 Å². The van der Waals surface area contributed by atoms with Crippen LogP contribution in [0.25, 0.3) is 0 Å². The molecule has 106 valence electrons. The molecule has 0 aromatic carbocycles. The quantitative estimate of drug-likeness (QED) is 0.895. The van der Waals surface area contributed by atoms with Gasteiger partial charge in [-0.15, -0.1) is 0 Å². The van der Waals surface area contributed by atoms with Gasteiger partial charge in [0.1, 0.15) is 0 Å². The molecule has 1 aromatic rings. The fourth-order valence-corrected chi connectivity index (χ4v) is 5.00. The van der Waals surface area contributed by atoms with E-state index in [9.17, 15) is 0 Å². The Kier molecular flexibility index (Phi) is 3.46. The molecule has 0 spiro atoms. The molecule has 2 heterocycles. The van der Waals surface area contributed by atoms with Crippen molar-refractivity contribution in [1.82, 2.24) is 4.57 Å². The number of hydrogen-bond donors (Lipinski definition) is 1. The smallest absolute Gasteiger partial charge is 0.0344 e. The van der Waals surface area contributed by atoms with Gasteiger partial charge in [0, 0.05) is 29.2 Å². The van der Waals surface area contributed by atoms with Crippen LogP contribution in [-0.2, 0) is 13.0 Å². The van der Waals surface area contributed by atoms with E-state index in [2.05, 4.69) is 43.2 Å². The van der Waals surface area contributed by atoms with Gasteiger partial charge in [-0.1, -0.05) is 13.8 Å². The van der Waals surface area contributed by atoms with Crippen molar-refractivity contribution in [2.45, 2.75) is 64.3 Å². The number of hydrogen-bond acceptors (Lipinski definition) is 2. The summed E-state index contributed by atoms with van der Waals surface area (Å²) in [4.78, 5) is 0. The molecule has 19 heavy (non-hydrogen) atoms. The summed E-state index contributed by atoms with van der Waals surface area (Å²) in [6.07, 6.45) is 5.07. The number of nitrogens with zero attached hydrogens (tertiary/aromatic N) is 1. The van der Waals surface area contributed by atoms with E-state index in [1.54, 1.807) is 0 Å². The van der Waals surface area contributed by atoms with E-state index in [0.717, 1.165) is 11.7 Å². The normalized spacial score (nSPS) is 29.5. The van der Waals surface area contributed by atoms with Crippen molar-refractivity contribution >= 4 is 11.8 Å². The summed E-state index contributed by atoms with van der Waals surface area (Å²) in [5, 5.41) is 0.816. The second kappa shape index (κ2) is 4.85. The Bertz CT molecular complexity index is 469. The third-order valence-corrected chi connectivity index (χ3v) is 6.06. The van der Waals surface area contributed by atoms with Crippen LogP contribution in [0.3, 0.4) is 0 Å². The van der Waals surface area contributed by atoms with E-state index in [1.807, 2.05) is 0 Å². The Hall–Kier alpha value is -0.410. The summed E-state index contributed by atoms with van der Waals surface area (Å²) >= 11 is 2.15. The van der Waals surface area contributed by atoms with Crippen LogP contribution >= 0.6 is 11.8 Å². The summed E-state index contributed by atoms with van der Waals surface area (Å²) in [7, 11) is 0. The van der Waals surface area contributed by atoms with Gasteiger partial charge in [-0.25, -0.2) is 0 Å². The standard InChI is InChI=1S/C16H26N2S/c1-11-7-13-14(17)8-16(2,3)9-15(13)18(11)10-12-5-4-6-19-12/h7,12,14H,4-6,8-10,17H2,1-3H3. The SMILES string of the molecule is Cc1cc2c(n1CC1CCCS1)CC(C)(C)CC2N. The van der Waals surface area contributed by atoms with Crippen LogP contribution in [-0.4, -0.2) is 15.6 Å². The molecule has 2 unspecified atom stereocenters. The van der Waals surface area contributed by atoms with E-state index in [-0.39, 0.29) is 6.04 Å². The molecular formula is C16H26N2S. The molecule has 1 aliphatic heterocycles. The molecule has 1 aliphatic carbocycles. The van der Waals surface area contributed by atoms with Crippen molar-refractivity contribution in [1.29, 1.82) is 0 Å². The van der Waals surface area contributed by atoms with Crippen LogP contribution in [0.5, 0.6) is 0 Å². The first-order chi connectivity index (χ1) is 8.96. The lowest BCUT2D eigenvalue weighted by atomic mass is 9.74. The number of thioether (sulfide) groups is 1. The molecule has 0 saturated carbocycles. The monoisotopic (exact) mass is 278 g/mol. The Morgan fingerprint density at radius 3 is 2.95 bits per heavy atom. The molecule has 2 nitrogen and oxygen atoms in total. The van der Waals surface area contributed by atoms with Crippen LogP contribution in [0.15, 0.2) is 6.07 Å². The van der Waals surface area contributed by atoms with Gasteiger partial charge < -0.3 is 10.3 Å². The van der Waals surface area contributed by atoms with E-state index < -0.39 is 0 Å². The number of fused-ring (bicyclic) bond motifs is 1. The lowest BCUT2D eigenvalue weighted by molar-refractivity contribution is 0.275. The number of nitrogens with two attached hydrogens (primary N) is 1. The van der Waals surface area contributed by atoms with E-state index >= 15 is 0 Å². The first kappa shape index (κ1) is 13.6. The van der Waals surface area contributed by atoms with Crippen LogP contribution < -0.4 is 5.73 Å². The summed E-state index contributed by atoms with van der Waals surface area (Å²) in [6.45, 7) is 8.14. The molecule has 2 N–H and O–H groups in total. The van der Waals surface area contributed by atoms with E-state index in [0.29, 0.717) is 5.41 Å². The van der Waals surface area contributed by atoms with Gasteiger partial charge >= 0.3 is 0 Å².